The number of aliphatic hydroxyl groups is 1. The lowest BCUT2D eigenvalue weighted by Crippen LogP contribution is -2.60. The summed E-state index contributed by atoms with van der Waals surface area (Å²) in [7, 11) is 2.77. The van der Waals surface area contributed by atoms with Crippen molar-refractivity contribution >= 4 is 85.5 Å². The quantitative estimate of drug-likeness (QED) is 0.109. The van der Waals surface area contributed by atoms with Crippen molar-refractivity contribution in [2.24, 2.45) is 17.8 Å². The number of carbonyl (C=O) groups excluding carboxylic acids is 4. The molecule has 4 amide bonds. The van der Waals surface area contributed by atoms with Crippen molar-refractivity contribution in [2.75, 3.05) is 29.3 Å². The fourth-order valence-electron chi connectivity index (χ4n) is 7.41. The third-order valence-corrected chi connectivity index (χ3v) is 11.2. The Kier molecular flexibility index (Phi) is 7.57. The van der Waals surface area contributed by atoms with Crippen LogP contribution in [0.2, 0.25) is 0 Å². The van der Waals surface area contributed by atoms with E-state index in [-0.39, 0.29) is 41.2 Å². The zero-order valence-corrected chi connectivity index (χ0v) is 27.1. The second kappa shape index (κ2) is 10.9. The predicted octanol–water partition coefficient (Wildman–Crippen LogP) is 3.57. The molecule has 4 aliphatic rings. The summed E-state index contributed by atoms with van der Waals surface area (Å²) in [5, 5.41) is 33.6. The number of anilines is 2. The van der Waals surface area contributed by atoms with Crippen LogP contribution in [-0.4, -0.2) is 72.8 Å². The van der Waals surface area contributed by atoms with Gasteiger partial charge < -0.3 is 14.4 Å². The van der Waals surface area contributed by atoms with E-state index < -0.39 is 84.9 Å². The fourth-order valence-corrected chi connectivity index (χ4v) is 8.82. The molecule has 18 heteroatoms. The zero-order chi connectivity index (χ0) is 33.6. The number of nitrogens with zero attached hydrogens (tertiary/aromatic N) is 5. The highest BCUT2D eigenvalue weighted by Gasteiger charge is 2.77. The van der Waals surface area contributed by atoms with E-state index in [1.807, 2.05) is 0 Å². The summed E-state index contributed by atoms with van der Waals surface area (Å²) in [5.74, 6) is -7.21. The molecular formula is C28H24BrCl2N5O10. The van der Waals surface area contributed by atoms with Crippen LogP contribution in [0.4, 0.5) is 22.7 Å². The van der Waals surface area contributed by atoms with Gasteiger partial charge in [-0.2, -0.15) is 0 Å². The van der Waals surface area contributed by atoms with E-state index >= 15 is 0 Å². The summed E-state index contributed by atoms with van der Waals surface area (Å²) in [6.07, 6.45) is 1.31. The number of allylic oxidation sites excluding steroid dienone is 2. The van der Waals surface area contributed by atoms with E-state index in [2.05, 4.69) is 15.9 Å². The molecule has 242 valence electrons. The summed E-state index contributed by atoms with van der Waals surface area (Å²) in [4.78, 5) is 76.4. The Balaban J connectivity index is 1.50. The summed E-state index contributed by atoms with van der Waals surface area (Å²) in [6.45, 7) is -0.478. The second-order valence-corrected chi connectivity index (χ2v) is 13.4. The van der Waals surface area contributed by atoms with Crippen LogP contribution in [0, 0.1) is 38.0 Å². The number of likely N-dealkylation sites (tertiary alicyclic amines) is 1. The molecule has 1 aromatic heterocycles. The topological polar surface area (TPSA) is 198 Å². The largest absolute Gasteiger partial charge is 0.463 e. The molecule has 2 aliphatic heterocycles. The number of carbonyl (C=O) groups is 4. The molecule has 6 rings (SSSR count). The number of aliphatic hydroxyl groups excluding tert-OH is 1. The van der Waals surface area contributed by atoms with Crippen molar-refractivity contribution in [1.82, 2.24) is 4.90 Å². The number of halogens is 3. The first-order valence-electron chi connectivity index (χ1n) is 13.9. The third-order valence-electron chi connectivity index (χ3n) is 9.29. The maximum atomic E-state index is 14.2. The lowest BCUT2D eigenvalue weighted by atomic mass is 9.57. The van der Waals surface area contributed by atoms with Crippen LogP contribution >= 0.6 is 39.1 Å². The lowest BCUT2D eigenvalue weighted by Gasteiger charge is -2.49. The van der Waals surface area contributed by atoms with Crippen LogP contribution in [0.25, 0.3) is 0 Å². The smallest absolute Gasteiger partial charge is 0.301 e. The van der Waals surface area contributed by atoms with Crippen molar-refractivity contribution in [1.29, 1.82) is 0 Å². The molecule has 3 heterocycles. The van der Waals surface area contributed by atoms with Gasteiger partial charge in [-0.15, -0.1) is 23.2 Å². The molecule has 0 unspecified atom stereocenters. The molecule has 2 saturated heterocycles. The molecule has 0 bridgehead atoms. The minimum absolute atomic E-state index is 0.0197. The average Bonchev–Trinajstić information content (AvgIpc) is 3.62. The molecule has 1 saturated carbocycles. The molecule has 3 fully saturated rings. The van der Waals surface area contributed by atoms with Gasteiger partial charge in [0.25, 0.3) is 11.8 Å². The molecule has 0 radical (unpaired) electrons. The monoisotopic (exact) mass is 739 g/mol. The van der Waals surface area contributed by atoms with Gasteiger partial charge in [0.2, 0.25) is 11.8 Å². The van der Waals surface area contributed by atoms with Crippen molar-refractivity contribution in [2.45, 2.75) is 35.1 Å². The van der Waals surface area contributed by atoms with E-state index in [1.54, 1.807) is 6.08 Å². The first kappa shape index (κ1) is 32.1. The number of furan rings is 1. The van der Waals surface area contributed by atoms with Crippen molar-refractivity contribution in [3.8, 4) is 0 Å². The number of rotatable bonds is 7. The van der Waals surface area contributed by atoms with E-state index in [9.17, 15) is 44.5 Å². The minimum atomic E-state index is -2.10. The first-order valence-corrected chi connectivity index (χ1v) is 15.7. The van der Waals surface area contributed by atoms with Gasteiger partial charge in [0, 0.05) is 26.2 Å². The predicted molar refractivity (Wildman–Crippen MR) is 165 cm³/mol. The summed E-state index contributed by atoms with van der Waals surface area (Å²) in [6, 6.07) is 4.83. The highest BCUT2D eigenvalue weighted by atomic mass is 79.9. The number of imide groups is 2. The van der Waals surface area contributed by atoms with Gasteiger partial charge in [0.15, 0.2) is 15.4 Å². The number of amides is 4. The maximum Gasteiger partial charge on any atom is 0.301 e. The van der Waals surface area contributed by atoms with Gasteiger partial charge in [0.1, 0.15) is 18.1 Å². The molecule has 2 aliphatic carbocycles. The fraction of sp³-hybridized carbons (Fsp3) is 0.429. The lowest BCUT2D eigenvalue weighted by molar-refractivity contribution is -0.392. The van der Waals surface area contributed by atoms with Gasteiger partial charge >= 0.3 is 11.4 Å². The van der Waals surface area contributed by atoms with Gasteiger partial charge in [0.05, 0.1) is 38.7 Å². The Bertz CT molecular complexity index is 1760. The Hall–Kier alpha value is -3.86. The van der Waals surface area contributed by atoms with Crippen molar-refractivity contribution in [3.63, 3.8) is 0 Å². The number of fused-ring (bicyclic) bond motifs is 4. The first-order chi connectivity index (χ1) is 21.6. The van der Waals surface area contributed by atoms with Gasteiger partial charge in [-0.25, -0.2) is 4.90 Å². The van der Waals surface area contributed by atoms with Crippen molar-refractivity contribution < 1.29 is 38.5 Å². The zero-order valence-electron chi connectivity index (χ0n) is 24.0. The number of benzene rings is 1. The molecule has 15 nitrogen and oxygen atoms in total. The highest BCUT2D eigenvalue weighted by molar-refractivity contribution is 9.09. The molecule has 46 heavy (non-hydrogen) atoms. The number of alkyl halides is 3. The standard InChI is InChI=1S/C28H24BrCl2N5O10/c1-32(2)22-17(35(42)43)7-12(8-18(22)36(44)45)34-23(38)15-5-4-14-16(20(15)24(34)39)9-27(30)25(40)33(11-29)26(41)28(27,31)21(14)19-6-3-13(10-37)46-19/h3-4,6-8,15-16,20-21,37H,5,9-11H2,1-2H3/t15-,16+,20-,21+,27+,28-/m0/s1. The molecular weight excluding hydrogens is 717 g/mol. The number of nitro groups is 2. The average molecular weight is 741 g/mol. The summed E-state index contributed by atoms with van der Waals surface area (Å²) >= 11 is 17.4. The summed E-state index contributed by atoms with van der Waals surface area (Å²) in [5.41, 5.74) is -1.84. The Morgan fingerprint density at radius 2 is 1.67 bits per heavy atom. The van der Waals surface area contributed by atoms with Gasteiger partial charge in [-0.05, 0) is 30.9 Å². The number of hydrogen-bond acceptors (Lipinski definition) is 11. The SMILES string of the molecule is CN(C)c1c([N+](=O)[O-])cc(N2C(=O)[C@H]3[C@H](CC=C4[C@H]3C[C@@]3(Cl)C(=O)N(CBr)C(=O)[C@@]3(Cl)[C@H]4c3ccc(CO)o3)C2=O)cc1[N+](=O)[O-]. The maximum absolute atomic E-state index is 14.2. The Morgan fingerprint density at radius 1 is 1.04 bits per heavy atom. The number of hydrogen-bond donors (Lipinski definition) is 1. The minimum Gasteiger partial charge on any atom is -0.463 e. The van der Waals surface area contributed by atoms with E-state index in [0.29, 0.717) is 10.5 Å². The molecule has 1 aromatic carbocycles. The van der Waals surface area contributed by atoms with Crippen LogP contribution in [0.5, 0.6) is 0 Å². The molecule has 6 atom stereocenters. The van der Waals surface area contributed by atoms with Crippen LogP contribution in [-0.2, 0) is 25.8 Å². The number of nitro benzene ring substituents is 2. The second-order valence-electron chi connectivity index (χ2n) is 11.7. The van der Waals surface area contributed by atoms with Crippen LogP contribution in [0.3, 0.4) is 0 Å². The molecule has 2 aromatic rings. The van der Waals surface area contributed by atoms with Crippen LogP contribution < -0.4 is 9.80 Å². The van der Waals surface area contributed by atoms with Crippen molar-refractivity contribution in [3.05, 3.63) is 67.7 Å². The highest BCUT2D eigenvalue weighted by Crippen LogP contribution is 2.65. The third kappa shape index (κ3) is 4.12. The van der Waals surface area contributed by atoms with Crippen LogP contribution in [0.1, 0.15) is 30.3 Å². The van der Waals surface area contributed by atoms with Gasteiger partial charge in [-0.1, -0.05) is 27.6 Å². The molecule has 0 spiro atoms. The normalized spacial score (nSPS) is 30.3. The van der Waals surface area contributed by atoms with Gasteiger partial charge in [-0.3, -0.25) is 44.3 Å². The van der Waals surface area contributed by atoms with E-state index in [4.69, 9.17) is 27.6 Å². The summed E-state index contributed by atoms with van der Waals surface area (Å²) < 4.78 is 5.82. The Labute approximate surface area is 278 Å². The van der Waals surface area contributed by atoms with E-state index in [0.717, 1.165) is 17.0 Å². The Morgan fingerprint density at radius 3 is 2.20 bits per heavy atom. The molecule has 1 N–H and O–H groups in total. The van der Waals surface area contributed by atoms with Crippen LogP contribution in [0.15, 0.2) is 40.3 Å². The van der Waals surface area contributed by atoms with E-state index in [1.165, 1.54) is 31.1 Å².